The standard InChI is InChI=1S/C18H34N4/c1-4-21(5-2)16-10-11-22(13-16)18(19-3)20-12-17(14-6-7-14)15-8-9-15/h14-17H,4-13H2,1-3H3,(H,19,20). The second-order valence-electron chi connectivity index (χ2n) is 7.38. The van der Waals surface area contributed by atoms with Crippen LogP contribution < -0.4 is 5.32 Å². The molecule has 0 spiro atoms. The molecule has 1 heterocycles. The van der Waals surface area contributed by atoms with Gasteiger partial charge in [-0.25, -0.2) is 0 Å². The molecule has 2 aliphatic carbocycles. The normalized spacial score (nSPS) is 26.3. The monoisotopic (exact) mass is 306 g/mol. The van der Waals surface area contributed by atoms with Gasteiger partial charge in [0.1, 0.15) is 0 Å². The maximum absolute atomic E-state index is 4.56. The molecular formula is C18H34N4. The van der Waals surface area contributed by atoms with E-state index < -0.39 is 0 Å². The first kappa shape index (κ1) is 16.1. The first-order valence-corrected chi connectivity index (χ1v) is 9.46. The molecule has 1 aliphatic heterocycles. The van der Waals surface area contributed by atoms with Gasteiger partial charge in [-0.2, -0.15) is 0 Å². The molecule has 0 aromatic rings. The van der Waals surface area contributed by atoms with Gasteiger partial charge in [0.25, 0.3) is 0 Å². The molecule has 22 heavy (non-hydrogen) atoms. The molecule has 0 amide bonds. The van der Waals surface area contributed by atoms with Gasteiger partial charge in [0.15, 0.2) is 5.96 Å². The van der Waals surface area contributed by atoms with Crippen molar-refractivity contribution in [2.75, 3.05) is 39.8 Å². The van der Waals surface area contributed by atoms with Gasteiger partial charge in [-0.15, -0.1) is 0 Å². The van der Waals surface area contributed by atoms with E-state index in [1.807, 2.05) is 7.05 Å². The fraction of sp³-hybridized carbons (Fsp3) is 0.944. The zero-order valence-electron chi connectivity index (χ0n) is 14.7. The third kappa shape index (κ3) is 3.76. The van der Waals surface area contributed by atoms with E-state index in [0.29, 0.717) is 6.04 Å². The number of rotatable bonds is 7. The Morgan fingerprint density at radius 1 is 1.14 bits per heavy atom. The van der Waals surface area contributed by atoms with Crippen molar-refractivity contribution in [1.82, 2.24) is 15.1 Å². The van der Waals surface area contributed by atoms with Crippen LogP contribution in [0.1, 0.15) is 46.0 Å². The fourth-order valence-corrected chi connectivity index (χ4v) is 4.28. The van der Waals surface area contributed by atoms with E-state index in [1.165, 1.54) is 32.1 Å². The zero-order valence-corrected chi connectivity index (χ0v) is 14.7. The predicted molar refractivity (Wildman–Crippen MR) is 93.2 cm³/mol. The minimum absolute atomic E-state index is 0.705. The summed E-state index contributed by atoms with van der Waals surface area (Å²) in [5.74, 6) is 4.08. The van der Waals surface area contributed by atoms with Gasteiger partial charge >= 0.3 is 0 Å². The maximum Gasteiger partial charge on any atom is 0.193 e. The van der Waals surface area contributed by atoms with Gasteiger partial charge in [-0.1, -0.05) is 13.8 Å². The van der Waals surface area contributed by atoms with Crippen LogP contribution in [-0.2, 0) is 0 Å². The number of aliphatic imine (C=N–C) groups is 1. The Hall–Kier alpha value is -0.770. The molecule has 0 aromatic heterocycles. The Morgan fingerprint density at radius 3 is 2.27 bits per heavy atom. The number of nitrogens with one attached hydrogen (secondary N) is 1. The van der Waals surface area contributed by atoms with Crippen molar-refractivity contribution in [3.8, 4) is 0 Å². The van der Waals surface area contributed by atoms with Crippen molar-refractivity contribution >= 4 is 5.96 Å². The van der Waals surface area contributed by atoms with E-state index in [4.69, 9.17) is 0 Å². The van der Waals surface area contributed by atoms with Crippen molar-refractivity contribution in [3.05, 3.63) is 0 Å². The Labute approximate surface area is 136 Å². The van der Waals surface area contributed by atoms with Crippen LogP contribution in [0.3, 0.4) is 0 Å². The Balaban J connectivity index is 1.49. The summed E-state index contributed by atoms with van der Waals surface area (Å²) >= 11 is 0. The summed E-state index contributed by atoms with van der Waals surface area (Å²) in [4.78, 5) is 9.62. The highest BCUT2D eigenvalue weighted by molar-refractivity contribution is 5.80. The number of likely N-dealkylation sites (tertiary alicyclic amines) is 1. The molecule has 4 heteroatoms. The highest BCUT2D eigenvalue weighted by Gasteiger charge is 2.41. The van der Waals surface area contributed by atoms with Crippen molar-refractivity contribution in [3.63, 3.8) is 0 Å². The summed E-state index contributed by atoms with van der Waals surface area (Å²) < 4.78 is 0. The average Bonchev–Trinajstić information content (AvgIpc) is 3.46. The molecule has 3 rings (SSSR count). The van der Waals surface area contributed by atoms with Crippen LogP contribution in [0.15, 0.2) is 4.99 Å². The van der Waals surface area contributed by atoms with Crippen molar-refractivity contribution in [1.29, 1.82) is 0 Å². The van der Waals surface area contributed by atoms with Crippen molar-refractivity contribution in [2.45, 2.75) is 52.0 Å². The van der Waals surface area contributed by atoms with E-state index in [9.17, 15) is 0 Å². The lowest BCUT2D eigenvalue weighted by Gasteiger charge is -2.28. The Bertz CT molecular complexity index is 371. The molecule has 126 valence electrons. The molecule has 1 saturated heterocycles. The summed E-state index contributed by atoms with van der Waals surface area (Å²) in [6.45, 7) is 10.3. The van der Waals surface area contributed by atoms with Crippen LogP contribution in [0, 0.1) is 17.8 Å². The fourth-order valence-electron chi connectivity index (χ4n) is 4.28. The highest BCUT2D eigenvalue weighted by Crippen LogP contribution is 2.48. The van der Waals surface area contributed by atoms with Crippen LogP contribution in [0.25, 0.3) is 0 Å². The van der Waals surface area contributed by atoms with Crippen LogP contribution in [-0.4, -0.2) is 61.6 Å². The average molecular weight is 306 g/mol. The van der Waals surface area contributed by atoms with Gasteiger partial charge in [-0.3, -0.25) is 9.89 Å². The molecule has 1 unspecified atom stereocenters. The van der Waals surface area contributed by atoms with E-state index >= 15 is 0 Å². The third-order valence-corrected chi connectivity index (χ3v) is 5.95. The lowest BCUT2D eigenvalue weighted by molar-refractivity contribution is 0.223. The third-order valence-electron chi connectivity index (χ3n) is 5.95. The van der Waals surface area contributed by atoms with Gasteiger partial charge in [0.2, 0.25) is 0 Å². The minimum atomic E-state index is 0.705. The molecule has 3 fully saturated rings. The summed E-state index contributed by atoms with van der Waals surface area (Å²) in [5, 5.41) is 3.71. The molecular weight excluding hydrogens is 272 g/mol. The van der Waals surface area contributed by atoms with Crippen molar-refractivity contribution < 1.29 is 0 Å². The SMILES string of the molecule is CCN(CC)C1CCN(C(=NC)NCC(C2CC2)C2CC2)C1. The number of hydrogen-bond donors (Lipinski definition) is 1. The molecule has 1 atom stereocenters. The van der Waals surface area contributed by atoms with Gasteiger partial charge in [-0.05, 0) is 62.9 Å². The predicted octanol–water partition coefficient (Wildman–Crippen LogP) is 2.41. The second-order valence-corrected chi connectivity index (χ2v) is 7.38. The summed E-state index contributed by atoms with van der Waals surface area (Å²) in [7, 11) is 1.94. The number of nitrogens with zero attached hydrogens (tertiary/aromatic N) is 3. The first-order valence-electron chi connectivity index (χ1n) is 9.46. The topological polar surface area (TPSA) is 30.9 Å². The number of guanidine groups is 1. The largest absolute Gasteiger partial charge is 0.356 e. The zero-order chi connectivity index (χ0) is 15.5. The van der Waals surface area contributed by atoms with E-state index in [1.54, 1.807) is 0 Å². The summed E-state index contributed by atoms with van der Waals surface area (Å²) in [6.07, 6.45) is 7.14. The van der Waals surface area contributed by atoms with Crippen LogP contribution in [0.2, 0.25) is 0 Å². The quantitative estimate of drug-likeness (QED) is 0.579. The second kappa shape index (κ2) is 7.20. The molecule has 3 aliphatic rings. The van der Waals surface area contributed by atoms with Crippen LogP contribution in [0.5, 0.6) is 0 Å². The van der Waals surface area contributed by atoms with E-state index in [0.717, 1.165) is 56.4 Å². The summed E-state index contributed by atoms with van der Waals surface area (Å²) in [5.41, 5.74) is 0. The molecule has 0 bridgehead atoms. The lowest BCUT2D eigenvalue weighted by atomic mass is 9.98. The van der Waals surface area contributed by atoms with Crippen LogP contribution >= 0.6 is 0 Å². The van der Waals surface area contributed by atoms with Crippen LogP contribution in [0.4, 0.5) is 0 Å². The first-order chi connectivity index (χ1) is 10.8. The minimum Gasteiger partial charge on any atom is -0.356 e. The number of hydrogen-bond acceptors (Lipinski definition) is 2. The highest BCUT2D eigenvalue weighted by atomic mass is 15.3. The molecule has 0 radical (unpaired) electrons. The van der Waals surface area contributed by atoms with Gasteiger partial charge < -0.3 is 10.2 Å². The molecule has 2 saturated carbocycles. The molecule has 4 nitrogen and oxygen atoms in total. The Morgan fingerprint density at radius 2 is 1.77 bits per heavy atom. The van der Waals surface area contributed by atoms with Gasteiger partial charge in [0.05, 0.1) is 0 Å². The molecule has 1 N–H and O–H groups in total. The lowest BCUT2D eigenvalue weighted by Crippen LogP contribution is -2.44. The maximum atomic E-state index is 4.56. The van der Waals surface area contributed by atoms with E-state index in [-0.39, 0.29) is 0 Å². The Kier molecular flexibility index (Phi) is 5.27. The van der Waals surface area contributed by atoms with E-state index in [2.05, 4.69) is 34.0 Å². The van der Waals surface area contributed by atoms with Gasteiger partial charge in [0, 0.05) is 32.7 Å². The number of likely N-dealkylation sites (N-methyl/N-ethyl adjacent to an activating group) is 1. The molecule has 0 aromatic carbocycles. The van der Waals surface area contributed by atoms with Crippen molar-refractivity contribution in [2.24, 2.45) is 22.7 Å². The summed E-state index contributed by atoms with van der Waals surface area (Å²) in [6, 6.07) is 0.705. The smallest absolute Gasteiger partial charge is 0.193 e.